The molecule has 0 heterocycles. The zero-order valence-corrected chi connectivity index (χ0v) is 22.6. The van der Waals surface area contributed by atoms with Gasteiger partial charge in [-0.2, -0.15) is 0 Å². The third kappa shape index (κ3) is 5.61. The molecule has 5 aromatic carbocycles. The van der Waals surface area contributed by atoms with E-state index in [4.69, 9.17) is 0 Å². The fourth-order valence-electron chi connectivity index (χ4n) is 5.28. The highest BCUT2D eigenvalue weighted by molar-refractivity contribution is 5.86. The molecule has 1 aliphatic carbocycles. The summed E-state index contributed by atoms with van der Waals surface area (Å²) in [5.74, 6) is 1.16. The van der Waals surface area contributed by atoms with Gasteiger partial charge in [0.1, 0.15) is 11.5 Å². The standard InChI is InChI=1S/C25H18O2.C9H12.C2H6.CH4/c26-19-13-9-17(10-14-19)25(18-11-15-20(27)16-12-18)23-7-3-1-5-21(23)22-6-2-4-8-24(22)25;1-8(2)9-6-4-3-5-7-9;1-2;/h1-16,26-27H;3-8H,1-2H3;1-2H3;1H4. The van der Waals surface area contributed by atoms with E-state index in [1.807, 2.05) is 44.2 Å². The van der Waals surface area contributed by atoms with Crippen LogP contribution in [0.15, 0.2) is 127 Å². The maximum absolute atomic E-state index is 9.85. The molecule has 0 amide bonds. The first kappa shape index (κ1) is 29.3. The maximum atomic E-state index is 9.85. The number of rotatable bonds is 3. The highest BCUT2D eigenvalue weighted by atomic mass is 16.3. The van der Waals surface area contributed by atoms with Gasteiger partial charge in [-0.3, -0.25) is 0 Å². The number of hydrogen-bond donors (Lipinski definition) is 2. The van der Waals surface area contributed by atoms with Crippen molar-refractivity contribution in [1.29, 1.82) is 0 Å². The average Bonchev–Trinajstić information content (AvgIpc) is 3.27. The van der Waals surface area contributed by atoms with Crippen LogP contribution in [0.1, 0.15) is 68.9 Å². The highest BCUT2D eigenvalue weighted by Crippen LogP contribution is 2.56. The molecule has 0 bridgehead atoms. The zero-order chi connectivity index (χ0) is 27.1. The second-order valence-corrected chi connectivity index (χ2v) is 9.50. The van der Waals surface area contributed by atoms with E-state index < -0.39 is 5.41 Å². The Morgan fingerprint density at radius 3 is 1.21 bits per heavy atom. The summed E-state index contributed by atoms with van der Waals surface area (Å²) < 4.78 is 0. The second-order valence-electron chi connectivity index (χ2n) is 9.50. The van der Waals surface area contributed by atoms with Crippen molar-refractivity contribution >= 4 is 0 Å². The Labute approximate surface area is 234 Å². The van der Waals surface area contributed by atoms with Crippen molar-refractivity contribution in [3.8, 4) is 22.6 Å². The van der Waals surface area contributed by atoms with Crippen LogP contribution in [0.25, 0.3) is 11.1 Å². The molecule has 0 aliphatic heterocycles. The number of phenols is 2. The summed E-state index contributed by atoms with van der Waals surface area (Å²) in [4.78, 5) is 0. The SMILES string of the molecule is C.CC.CC(C)c1ccccc1.Oc1ccc(C2(c3ccc(O)cc3)c3ccccc3-c3ccccc32)cc1. The average molecular weight is 517 g/mol. The molecular weight excluding hydrogens is 476 g/mol. The van der Waals surface area contributed by atoms with E-state index in [9.17, 15) is 10.2 Å². The smallest absolute Gasteiger partial charge is 0.115 e. The Hall–Kier alpha value is -4.30. The summed E-state index contributed by atoms with van der Waals surface area (Å²) in [5.41, 5.74) is 7.95. The lowest BCUT2D eigenvalue weighted by Gasteiger charge is -2.33. The Balaban J connectivity index is 0.000000298. The second kappa shape index (κ2) is 13.0. The van der Waals surface area contributed by atoms with Crippen LogP contribution in [0.5, 0.6) is 11.5 Å². The number of hydrogen-bond acceptors (Lipinski definition) is 2. The molecule has 0 spiro atoms. The molecule has 0 fully saturated rings. The van der Waals surface area contributed by atoms with E-state index in [2.05, 4.69) is 86.6 Å². The molecular formula is C37H40O2. The summed E-state index contributed by atoms with van der Waals surface area (Å²) in [6, 6.07) is 42.4. The Kier molecular flexibility index (Phi) is 9.73. The molecule has 0 atom stereocenters. The topological polar surface area (TPSA) is 40.5 Å². The van der Waals surface area contributed by atoms with E-state index >= 15 is 0 Å². The summed E-state index contributed by atoms with van der Waals surface area (Å²) in [5, 5.41) is 19.7. The van der Waals surface area contributed by atoms with Gasteiger partial charge < -0.3 is 10.2 Å². The van der Waals surface area contributed by atoms with E-state index in [0.29, 0.717) is 5.92 Å². The first-order valence-electron chi connectivity index (χ1n) is 13.3. The highest BCUT2D eigenvalue weighted by Gasteiger charge is 2.45. The molecule has 0 saturated carbocycles. The minimum atomic E-state index is -0.491. The summed E-state index contributed by atoms with van der Waals surface area (Å²) in [6.45, 7) is 8.41. The van der Waals surface area contributed by atoms with Gasteiger partial charge in [-0.15, -0.1) is 0 Å². The summed E-state index contributed by atoms with van der Waals surface area (Å²) >= 11 is 0. The zero-order valence-electron chi connectivity index (χ0n) is 22.6. The van der Waals surface area contributed by atoms with Crippen molar-refractivity contribution in [3.05, 3.63) is 155 Å². The molecule has 2 N–H and O–H groups in total. The van der Waals surface area contributed by atoms with Gasteiger partial charge in [0.2, 0.25) is 0 Å². The number of benzene rings is 5. The molecule has 1 aliphatic rings. The lowest BCUT2D eigenvalue weighted by Crippen LogP contribution is -2.28. The largest absolute Gasteiger partial charge is 0.508 e. The van der Waals surface area contributed by atoms with Gasteiger partial charge in [-0.25, -0.2) is 0 Å². The maximum Gasteiger partial charge on any atom is 0.115 e. The van der Waals surface area contributed by atoms with Crippen LogP contribution in [-0.4, -0.2) is 10.2 Å². The van der Waals surface area contributed by atoms with E-state index in [0.717, 1.165) is 11.1 Å². The van der Waals surface area contributed by atoms with Crippen molar-refractivity contribution in [2.75, 3.05) is 0 Å². The minimum absolute atomic E-state index is 0. The minimum Gasteiger partial charge on any atom is -0.508 e. The molecule has 2 nitrogen and oxygen atoms in total. The first-order chi connectivity index (χ1) is 18.5. The van der Waals surface area contributed by atoms with Crippen molar-refractivity contribution < 1.29 is 10.2 Å². The van der Waals surface area contributed by atoms with E-state index in [1.54, 1.807) is 24.3 Å². The number of phenolic OH excluding ortho intramolecular Hbond substituents is 2. The predicted octanol–water partition coefficient (Wildman–Crippen LogP) is 9.93. The molecule has 0 unspecified atom stereocenters. The quantitative estimate of drug-likeness (QED) is 0.246. The van der Waals surface area contributed by atoms with Crippen molar-refractivity contribution in [2.24, 2.45) is 0 Å². The predicted molar refractivity (Wildman–Crippen MR) is 166 cm³/mol. The van der Waals surface area contributed by atoms with Gasteiger partial charge in [0.05, 0.1) is 5.41 Å². The molecule has 0 aromatic heterocycles. The third-order valence-electron chi connectivity index (χ3n) is 7.02. The van der Waals surface area contributed by atoms with Gasteiger partial charge in [-0.1, -0.05) is 138 Å². The van der Waals surface area contributed by atoms with Gasteiger partial charge in [0.15, 0.2) is 0 Å². The number of fused-ring (bicyclic) bond motifs is 3. The van der Waals surface area contributed by atoms with Crippen molar-refractivity contribution in [3.63, 3.8) is 0 Å². The fraction of sp³-hybridized carbons (Fsp3) is 0.189. The monoisotopic (exact) mass is 516 g/mol. The Morgan fingerprint density at radius 2 is 0.846 bits per heavy atom. The van der Waals surface area contributed by atoms with Gasteiger partial charge in [-0.05, 0) is 69.1 Å². The lowest BCUT2D eigenvalue weighted by atomic mass is 9.68. The third-order valence-corrected chi connectivity index (χ3v) is 7.02. The van der Waals surface area contributed by atoms with Crippen LogP contribution >= 0.6 is 0 Å². The van der Waals surface area contributed by atoms with E-state index in [-0.39, 0.29) is 18.9 Å². The normalized spacial score (nSPS) is 12.0. The molecule has 2 heteroatoms. The number of aromatic hydroxyl groups is 2. The van der Waals surface area contributed by atoms with Crippen molar-refractivity contribution in [2.45, 2.75) is 46.5 Å². The van der Waals surface area contributed by atoms with Gasteiger partial charge in [0.25, 0.3) is 0 Å². The van der Waals surface area contributed by atoms with Crippen LogP contribution in [-0.2, 0) is 5.41 Å². The fourth-order valence-corrected chi connectivity index (χ4v) is 5.28. The van der Waals surface area contributed by atoms with Crippen LogP contribution in [0.3, 0.4) is 0 Å². The lowest BCUT2D eigenvalue weighted by molar-refractivity contribution is 0.475. The first-order valence-corrected chi connectivity index (χ1v) is 13.3. The van der Waals surface area contributed by atoms with Gasteiger partial charge in [0, 0.05) is 0 Å². The van der Waals surface area contributed by atoms with Crippen LogP contribution < -0.4 is 0 Å². The van der Waals surface area contributed by atoms with Crippen LogP contribution in [0.4, 0.5) is 0 Å². The molecule has 39 heavy (non-hydrogen) atoms. The molecule has 5 aromatic rings. The van der Waals surface area contributed by atoms with Crippen LogP contribution in [0, 0.1) is 0 Å². The Morgan fingerprint density at radius 1 is 0.487 bits per heavy atom. The molecule has 0 saturated heterocycles. The Bertz CT molecular complexity index is 1360. The van der Waals surface area contributed by atoms with Crippen LogP contribution in [0.2, 0.25) is 0 Å². The molecule has 6 rings (SSSR count). The van der Waals surface area contributed by atoms with Gasteiger partial charge >= 0.3 is 0 Å². The van der Waals surface area contributed by atoms with Crippen molar-refractivity contribution in [1.82, 2.24) is 0 Å². The summed E-state index contributed by atoms with van der Waals surface area (Å²) in [7, 11) is 0. The molecule has 200 valence electrons. The molecule has 0 radical (unpaired) electrons. The van der Waals surface area contributed by atoms with E-state index in [1.165, 1.54) is 27.8 Å². The summed E-state index contributed by atoms with van der Waals surface area (Å²) in [6.07, 6.45) is 0.